The van der Waals surface area contributed by atoms with E-state index in [0.29, 0.717) is 23.6 Å². The van der Waals surface area contributed by atoms with Crippen molar-refractivity contribution in [2.75, 3.05) is 20.2 Å². The van der Waals surface area contributed by atoms with Crippen molar-refractivity contribution < 1.29 is 14.3 Å². The second kappa shape index (κ2) is 10.5. The van der Waals surface area contributed by atoms with Gasteiger partial charge in [0.1, 0.15) is 0 Å². The predicted molar refractivity (Wildman–Crippen MR) is 120 cm³/mol. The minimum atomic E-state index is -0.0742. The number of amides is 1. The first kappa shape index (κ1) is 22.2. The van der Waals surface area contributed by atoms with E-state index in [9.17, 15) is 4.79 Å². The third-order valence-electron chi connectivity index (χ3n) is 5.54. The quantitative estimate of drug-likeness (QED) is 0.689. The lowest BCUT2D eigenvalue weighted by atomic mass is 9.99. The average Bonchev–Trinajstić information content (AvgIpc) is 2.74. The van der Waals surface area contributed by atoms with Gasteiger partial charge in [-0.25, -0.2) is 0 Å². The second-order valence-electron chi connectivity index (χ2n) is 8.49. The summed E-state index contributed by atoms with van der Waals surface area (Å²) in [5.41, 5.74) is 2.90. The van der Waals surface area contributed by atoms with Gasteiger partial charge >= 0.3 is 0 Å². The van der Waals surface area contributed by atoms with Gasteiger partial charge in [0.15, 0.2) is 11.5 Å². The molecule has 1 saturated heterocycles. The van der Waals surface area contributed by atoms with Gasteiger partial charge in [0.25, 0.3) is 5.91 Å². The SMILES string of the molecule is COc1cc(CNC(=O)c2ccc(CN3CCC(C)CC3)cc2)ccc1OC(C)C. The maximum Gasteiger partial charge on any atom is 0.251 e. The normalized spacial score (nSPS) is 15.2. The fourth-order valence-corrected chi connectivity index (χ4v) is 3.70. The van der Waals surface area contributed by atoms with Crippen LogP contribution in [0.1, 0.15) is 55.1 Å². The summed E-state index contributed by atoms with van der Waals surface area (Å²) < 4.78 is 11.2. The molecule has 2 aromatic rings. The number of ether oxygens (including phenoxy) is 2. The van der Waals surface area contributed by atoms with E-state index < -0.39 is 0 Å². The summed E-state index contributed by atoms with van der Waals surface area (Å²) in [6.07, 6.45) is 2.62. The topological polar surface area (TPSA) is 50.8 Å². The summed E-state index contributed by atoms with van der Waals surface area (Å²) in [5.74, 6) is 2.15. The molecule has 2 aromatic carbocycles. The van der Waals surface area contributed by atoms with Crippen LogP contribution in [0.25, 0.3) is 0 Å². The highest BCUT2D eigenvalue weighted by atomic mass is 16.5. The van der Waals surface area contributed by atoms with Gasteiger partial charge in [-0.2, -0.15) is 0 Å². The molecule has 0 unspecified atom stereocenters. The van der Waals surface area contributed by atoms with Crippen molar-refractivity contribution in [2.24, 2.45) is 5.92 Å². The van der Waals surface area contributed by atoms with Crippen molar-refractivity contribution in [3.8, 4) is 11.5 Å². The van der Waals surface area contributed by atoms with Crippen LogP contribution in [0.3, 0.4) is 0 Å². The molecule has 0 radical (unpaired) electrons. The molecule has 1 N–H and O–H groups in total. The number of methoxy groups -OCH3 is 1. The molecule has 0 atom stereocenters. The Morgan fingerprint density at radius 2 is 1.73 bits per heavy atom. The number of rotatable bonds is 8. The Balaban J connectivity index is 1.53. The maximum absolute atomic E-state index is 12.5. The first-order valence-electron chi connectivity index (χ1n) is 10.9. The predicted octanol–water partition coefficient (Wildman–Crippen LogP) is 4.64. The van der Waals surface area contributed by atoms with E-state index in [4.69, 9.17) is 9.47 Å². The first-order chi connectivity index (χ1) is 14.4. The van der Waals surface area contributed by atoms with Crippen LogP contribution in [0.15, 0.2) is 42.5 Å². The fraction of sp³-hybridized carbons (Fsp3) is 0.480. The Hall–Kier alpha value is -2.53. The Kier molecular flexibility index (Phi) is 7.75. The van der Waals surface area contributed by atoms with Gasteiger partial charge in [-0.1, -0.05) is 25.1 Å². The minimum Gasteiger partial charge on any atom is -0.493 e. The molecule has 1 aliphatic heterocycles. The van der Waals surface area contributed by atoms with Gasteiger partial charge in [0.05, 0.1) is 13.2 Å². The number of nitrogens with zero attached hydrogens (tertiary/aromatic N) is 1. The van der Waals surface area contributed by atoms with Crippen molar-refractivity contribution in [1.29, 1.82) is 0 Å². The molecule has 5 heteroatoms. The zero-order valence-electron chi connectivity index (χ0n) is 18.6. The van der Waals surface area contributed by atoms with Crippen molar-refractivity contribution >= 4 is 5.91 Å². The number of hydrogen-bond donors (Lipinski definition) is 1. The fourth-order valence-electron chi connectivity index (χ4n) is 3.70. The van der Waals surface area contributed by atoms with Gasteiger partial charge in [-0.05, 0) is 81.1 Å². The van der Waals surface area contributed by atoms with Crippen LogP contribution in [-0.2, 0) is 13.1 Å². The first-order valence-corrected chi connectivity index (χ1v) is 10.9. The second-order valence-corrected chi connectivity index (χ2v) is 8.49. The molecule has 30 heavy (non-hydrogen) atoms. The largest absolute Gasteiger partial charge is 0.493 e. The molecule has 1 aliphatic rings. The Labute approximate surface area is 180 Å². The van der Waals surface area contributed by atoms with E-state index in [1.54, 1.807) is 7.11 Å². The van der Waals surface area contributed by atoms with E-state index in [1.807, 2.05) is 44.2 Å². The van der Waals surface area contributed by atoms with Crippen molar-refractivity contribution in [3.63, 3.8) is 0 Å². The van der Waals surface area contributed by atoms with Crippen LogP contribution in [0.2, 0.25) is 0 Å². The van der Waals surface area contributed by atoms with Crippen LogP contribution >= 0.6 is 0 Å². The highest BCUT2D eigenvalue weighted by molar-refractivity contribution is 5.94. The molecular weight excluding hydrogens is 376 g/mol. The minimum absolute atomic E-state index is 0.0742. The Morgan fingerprint density at radius 3 is 2.37 bits per heavy atom. The van der Waals surface area contributed by atoms with Gasteiger partial charge < -0.3 is 14.8 Å². The molecule has 0 bridgehead atoms. The molecule has 0 saturated carbocycles. The zero-order chi connectivity index (χ0) is 21.5. The number of piperidine rings is 1. The summed E-state index contributed by atoms with van der Waals surface area (Å²) >= 11 is 0. The monoisotopic (exact) mass is 410 g/mol. The van der Waals surface area contributed by atoms with E-state index >= 15 is 0 Å². The van der Waals surface area contributed by atoms with E-state index in [2.05, 4.69) is 29.3 Å². The number of carbonyl (C=O) groups is 1. The molecular formula is C25H34N2O3. The third kappa shape index (κ3) is 6.23. The molecule has 162 valence electrons. The maximum atomic E-state index is 12.5. The van der Waals surface area contributed by atoms with Gasteiger partial charge in [0, 0.05) is 18.7 Å². The third-order valence-corrected chi connectivity index (χ3v) is 5.54. The molecule has 5 nitrogen and oxygen atoms in total. The highest BCUT2D eigenvalue weighted by Gasteiger charge is 2.16. The molecule has 1 fully saturated rings. The number of benzene rings is 2. The highest BCUT2D eigenvalue weighted by Crippen LogP contribution is 2.29. The standard InChI is InChI=1S/C25H34N2O3/c1-18(2)30-23-10-7-21(15-24(23)29-4)16-26-25(28)22-8-5-20(6-9-22)17-27-13-11-19(3)12-14-27/h5-10,15,18-19H,11-14,16-17H2,1-4H3,(H,26,28). The summed E-state index contributed by atoms with van der Waals surface area (Å²) in [6, 6.07) is 13.7. The van der Waals surface area contributed by atoms with Crippen molar-refractivity contribution in [2.45, 2.75) is 52.8 Å². The lowest BCUT2D eigenvalue weighted by Gasteiger charge is -2.30. The van der Waals surface area contributed by atoms with Crippen molar-refractivity contribution in [1.82, 2.24) is 10.2 Å². The number of carbonyl (C=O) groups excluding carboxylic acids is 1. The molecule has 1 amide bonds. The van der Waals surface area contributed by atoms with Gasteiger partial charge in [-0.15, -0.1) is 0 Å². The number of likely N-dealkylation sites (tertiary alicyclic amines) is 1. The van der Waals surface area contributed by atoms with Crippen molar-refractivity contribution in [3.05, 3.63) is 59.2 Å². The Morgan fingerprint density at radius 1 is 1.07 bits per heavy atom. The van der Waals surface area contributed by atoms with E-state index in [-0.39, 0.29) is 12.0 Å². The molecule has 1 heterocycles. The van der Waals surface area contributed by atoms with Crippen LogP contribution in [0.4, 0.5) is 0 Å². The van der Waals surface area contributed by atoms with E-state index in [1.165, 1.54) is 18.4 Å². The van der Waals surface area contributed by atoms with Crippen LogP contribution in [0, 0.1) is 5.92 Å². The molecule has 0 spiro atoms. The average molecular weight is 411 g/mol. The molecule has 0 aromatic heterocycles. The lowest BCUT2D eigenvalue weighted by Crippen LogP contribution is -2.32. The summed E-state index contributed by atoms with van der Waals surface area (Å²) in [5, 5.41) is 2.99. The number of hydrogen-bond acceptors (Lipinski definition) is 4. The summed E-state index contributed by atoms with van der Waals surface area (Å²) in [7, 11) is 1.62. The Bertz CT molecular complexity index is 825. The van der Waals surface area contributed by atoms with Crippen LogP contribution in [-0.4, -0.2) is 37.1 Å². The number of nitrogens with one attached hydrogen (secondary N) is 1. The summed E-state index contributed by atoms with van der Waals surface area (Å²) in [6.45, 7) is 10.00. The van der Waals surface area contributed by atoms with Crippen LogP contribution < -0.4 is 14.8 Å². The lowest BCUT2D eigenvalue weighted by molar-refractivity contribution is 0.0951. The molecule has 3 rings (SSSR count). The zero-order valence-corrected chi connectivity index (χ0v) is 18.6. The molecule has 0 aliphatic carbocycles. The van der Waals surface area contributed by atoms with E-state index in [0.717, 1.165) is 31.1 Å². The smallest absolute Gasteiger partial charge is 0.251 e. The summed E-state index contributed by atoms with van der Waals surface area (Å²) in [4.78, 5) is 15.0. The van der Waals surface area contributed by atoms with Gasteiger partial charge in [-0.3, -0.25) is 9.69 Å². The van der Waals surface area contributed by atoms with Crippen LogP contribution in [0.5, 0.6) is 11.5 Å². The van der Waals surface area contributed by atoms with Gasteiger partial charge in [0.2, 0.25) is 0 Å².